The Morgan fingerprint density at radius 3 is 2.41 bits per heavy atom. The van der Waals surface area contributed by atoms with Crippen LogP contribution in [0.3, 0.4) is 0 Å². The van der Waals surface area contributed by atoms with Crippen LogP contribution < -0.4 is 5.32 Å². The van der Waals surface area contributed by atoms with Crippen molar-refractivity contribution in [1.82, 2.24) is 15.5 Å². The minimum absolute atomic E-state index is 0.578. The number of nitrogens with zero attached hydrogens (tertiary/aromatic N) is 2. The van der Waals surface area contributed by atoms with Gasteiger partial charge < -0.3 is 10.1 Å². The number of nitrogens with one attached hydrogen (secondary N) is 2. The first kappa shape index (κ1) is 24.3. The number of aromatic amines is 1. The molecule has 27 heavy (non-hydrogen) atoms. The highest BCUT2D eigenvalue weighted by molar-refractivity contribution is 5.98. The molecular weight excluding hydrogens is 336 g/mol. The molecule has 0 saturated heterocycles. The van der Waals surface area contributed by atoms with Crippen LogP contribution >= 0.6 is 0 Å². The summed E-state index contributed by atoms with van der Waals surface area (Å²) in [6, 6.07) is 0. The van der Waals surface area contributed by atoms with Crippen LogP contribution in [0.2, 0.25) is 0 Å². The van der Waals surface area contributed by atoms with Crippen molar-refractivity contribution in [3.63, 3.8) is 0 Å². The monoisotopic (exact) mass is 370 g/mol. The quantitative estimate of drug-likeness (QED) is 0.475. The zero-order chi connectivity index (χ0) is 20.5. The van der Waals surface area contributed by atoms with Crippen molar-refractivity contribution in [1.29, 1.82) is 0 Å². The average Bonchev–Trinajstić information content (AvgIpc) is 3.22. The maximum atomic E-state index is 5.05. The minimum atomic E-state index is 0.578. The SMILES string of the molecule is C/C=C(\C)c1cn[nH]c1.C\C=C/N=C(C)/C(=C\C)NC(/C=C\C)=C/COC. The van der Waals surface area contributed by atoms with Gasteiger partial charge in [0.15, 0.2) is 0 Å². The van der Waals surface area contributed by atoms with Crippen molar-refractivity contribution in [2.45, 2.75) is 41.5 Å². The molecule has 0 spiro atoms. The normalized spacial score (nSPS) is 13.9. The van der Waals surface area contributed by atoms with Crippen molar-refractivity contribution >= 4 is 11.3 Å². The summed E-state index contributed by atoms with van der Waals surface area (Å²) < 4.78 is 5.05. The molecule has 0 radical (unpaired) electrons. The Hall–Kier alpha value is -2.66. The van der Waals surface area contributed by atoms with E-state index in [0.717, 1.165) is 22.7 Å². The van der Waals surface area contributed by atoms with Crippen LogP contribution in [0.1, 0.15) is 47.1 Å². The summed E-state index contributed by atoms with van der Waals surface area (Å²) >= 11 is 0. The Kier molecular flexibility index (Phi) is 14.0. The Bertz CT molecular complexity index is 690. The predicted molar refractivity (Wildman–Crippen MR) is 118 cm³/mol. The van der Waals surface area contributed by atoms with Gasteiger partial charge in [0.05, 0.1) is 24.2 Å². The van der Waals surface area contributed by atoms with Gasteiger partial charge in [-0.15, -0.1) is 0 Å². The fraction of sp³-hybridized carbons (Fsp3) is 0.364. The molecule has 2 N–H and O–H groups in total. The van der Waals surface area contributed by atoms with Crippen LogP contribution in [0.5, 0.6) is 0 Å². The van der Waals surface area contributed by atoms with Crippen molar-refractivity contribution < 1.29 is 4.74 Å². The van der Waals surface area contributed by atoms with E-state index in [1.165, 1.54) is 5.57 Å². The third-order valence-electron chi connectivity index (χ3n) is 3.58. The molecule has 0 atom stereocenters. The molecule has 0 aliphatic heterocycles. The average molecular weight is 371 g/mol. The zero-order valence-corrected chi connectivity index (χ0v) is 17.7. The largest absolute Gasteiger partial charge is 0.381 e. The molecule has 1 rings (SSSR count). The lowest BCUT2D eigenvalue weighted by atomic mass is 10.2. The second kappa shape index (κ2) is 15.6. The van der Waals surface area contributed by atoms with Gasteiger partial charge in [-0.25, -0.2) is 0 Å². The first-order valence-corrected chi connectivity index (χ1v) is 9.07. The molecule has 5 heteroatoms. The smallest absolute Gasteiger partial charge is 0.0666 e. The first-order valence-electron chi connectivity index (χ1n) is 9.07. The Morgan fingerprint density at radius 1 is 1.19 bits per heavy atom. The molecule has 0 bridgehead atoms. The third kappa shape index (κ3) is 10.8. The van der Waals surface area contributed by atoms with Crippen LogP contribution in [0.4, 0.5) is 0 Å². The van der Waals surface area contributed by atoms with E-state index >= 15 is 0 Å². The number of rotatable bonds is 8. The number of hydrogen-bond acceptors (Lipinski definition) is 4. The summed E-state index contributed by atoms with van der Waals surface area (Å²) in [5.74, 6) is 0. The van der Waals surface area contributed by atoms with Gasteiger partial charge in [0.1, 0.15) is 0 Å². The van der Waals surface area contributed by atoms with Crippen LogP contribution in [0.15, 0.2) is 71.4 Å². The number of H-pyrrole nitrogens is 1. The highest BCUT2D eigenvalue weighted by atomic mass is 16.5. The maximum absolute atomic E-state index is 5.05. The Labute approximate surface area is 164 Å². The number of aliphatic imine (C=N–C) groups is 1. The van der Waals surface area contributed by atoms with Crippen molar-refractivity contribution in [2.24, 2.45) is 4.99 Å². The zero-order valence-electron chi connectivity index (χ0n) is 17.7. The number of aromatic nitrogens is 2. The summed E-state index contributed by atoms with van der Waals surface area (Å²) in [5, 5.41) is 9.92. The molecule has 5 nitrogen and oxygen atoms in total. The van der Waals surface area contributed by atoms with Gasteiger partial charge in [-0.3, -0.25) is 10.1 Å². The van der Waals surface area contributed by atoms with E-state index in [1.54, 1.807) is 13.3 Å². The number of hydrogen-bond donors (Lipinski definition) is 2. The van der Waals surface area contributed by atoms with Crippen molar-refractivity contribution in [3.05, 3.63) is 72.0 Å². The maximum Gasteiger partial charge on any atom is 0.0666 e. The van der Waals surface area contributed by atoms with Crippen LogP contribution in [0, 0.1) is 0 Å². The molecule has 0 aliphatic carbocycles. The van der Waals surface area contributed by atoms with Gasteiger partial charge >= 0.3 is 0 Å². The molecule has 0 aliphatic rings. The predicted octanol–water partition coefficient (Wildman–Crippen LogP) is 5.41. The van der Waals surface area contributed by atoms with Gasteiger partial charge in [0, 0.05) is 30.8 Å². The lowest BCUT2D eigenvalue weighted by Gasteiger charge is -2.11. The summed E-state index contributed by atoms with van der Waals surface area (Å²) in [4.78, 5) is 4.33. The fourth-order valence-corrected chi connectivity index (χ4v) is 1.93. The second-order valence-corrected chi connectivity index (χ2v) is 5.60. The number of methoxy groups -OCH3 is 1. The van der Waals surface area contributed by atoms with E-state index in [1.807, 2.05) is 77.4 Å². The van der Waals surface area contributed by atoms with Gasteiger partial charge in [0.25, 0.3) is 0 Å². The lowest BCUT2D eigenvalue weighted by molar-refractivity contribution is 0.233. The van der Waals surface area contributed by atoms with E-state index in [-0.39, 0.29) is 0 Å². The Balaban J connectivity index is 0.000000621. The van der Waals surface area contributed by atoms with Crippen LogP contribution in [0.25, 0.3) is 5.57 Å². The molecule has 0 unspecified atom stereocenters. The summed E-state index contributed by atoms with van der Waals surface area (Å²) in [7, 11) is 1.68. The van der Waals surface area contributed by atoms with Crippen LogP contribution in [-0.4, -0.2) is 29.6 Å². The summed E-state index contributed by atoms with van der Waals surface area (Å²) in [6.45, 7) is 12.6. The Morgan fingerprint density at radius 2 is 1.93 bits per heavy atom. The van der Waals surface area contributed by atoms with Gasteiger partial charge in [0.2, 0.25) is 0 Å². The molecule has 1 aromatic heterocycles. The van der Waals surface area contributed by atoms with Crippen molar-refractivity contribution in [3.8, 4) is 0 Å². The van der Waals surface area contributed by atoms with E-state index < -0.39 is 0 Å². The molecular formula is C22H34N4O. The molecule has 1 aromatic rings. The molecule has 1 heterocycles. The molecule has 148 valence electrons. The molecule has 0 saturated carbocycles. The molecule has 0 aromatic carbocycles. The highest BCUT2D eigenvalue weighted by Gasteiger charge is 2.01. The minimum Gasteiger partial charge on any atom is -0.381 e. The number of ether oxygens (including phenoxy) is 1. The number of allylic oxidation sites excluding steroid dienone is 7. The van der Waals surface area contributed by atoms with E-state index in [0.29, 0.717) is 6.61 Å². The van der Waals surface area contributed by atoms with E-state index in [9.17, 15) is 0 Å². The molecule has 0 fully saturated rings. The van der Waals surface area contributed by atoms with Crippen molar-refractivity contribution in [2.75, 3.05) is 13.7 Å². The van der Waals surface area contributed by atoms with Gasteiger partial charge in [-0.1, -0.05) is 24.3 Å². The summed E-state index contributed by atoms with van der Waals surface area (Å²) in [6.07, 6.45) is 17.4. The topological polar surface area (TPSA) is 62.3 Å². The van der Waals surface area contributed by atoms with E-state index in [4.69, 9.17) is 4.74 Å². The summed E-state index contributed by atoms with van der Waals surface area (Å²) in [5.41, 5.74) is 5.36. The lowest BCUT2D eigenvalue weighted by Crippen LogP contribution is -2.17. The standard InChI is InChI=1S/C15H24N2O.C7H10N2/c1-6-9-14(10-12-18-5)17-15(8-3)13(4)16-11-7-2;1-3-6(2)7-4-8-9-5-7/h6-11,17H,12H2,1-5H3;3-5H,1-2H3,(H,8,9)/b9-6-,11-7-,14-10+,15-8+,16-13+;6-3+. The van der Waals surface area contributed by atoms with Crippen LogP contribution in [-0.2, 0) is 4.74 Å². The fourth-order valence-electron chi connectivity index (χ4n) is 1.93. The highest BCUT2D eigenvalue weighted by Crippen LogP contribution is 2.09. The molecule has 0 amide bonds. The third-order valence-corrected chi connectivity index (χ3v) is 3.58. The van der Waals surface area contributed by atoms with Gasteiger partial charge in [-0.05, 0) is 59.3 Å². The second-order valence-electron chi connectivity index (χ2n) is 5.60. The first-order chi connectivity index (χ1) is 13.0. The van der Waals surface area contributed by atoms with Gasteiger partial charge in [-0.2, -0.15) is 5.10 Å². The van der Waals surface area contributed by atoms with E-state index in [2.05, 4.69) is 33.5 Å².